The highest BCUT2D eigenvalue weighted by atomic mass is 16.6. The topological polar surface area (TPSA) is 333 Å². The number of nitrogens with zero attached hydrogens (tertiary/aromatic N) is 4. The molecule has 9 amide bonds. The number of rotatable bonds is 38. The number of allylic oxidation sites excluding steroid dienone is 2. The molecule has 0 aromatic heterocycles. The van der Waals surface area contributed by atoms with E-state index in [2.05, 4.69) is 36.9 Å². The van der Waals surface area contributed by atoms with E-state index in [1.54, 1.807) is 116 Å². The van der Waals surface area contributed by atoms with Crippen molar-refractivity contribution in [3.8, 4) is 0 Å². The lowest BCUT2D eigenvalue weighted by atomic mass is 9.76. The molecule has 2 aromatic rings. The maximum Gasteiger partial charge on any atom is 0.410 e. The highest BCUT2D eigenvalue weighted by Crippen LogP contribution is 2.36. The number of aliphatic hydroxyl groups excluding tert-OH is 2. The van der Waals surface area contributed by atoms with E-state index < -0.39 is 114 Å². The number of methoxy groups -OCH3 is 2. The second kappa shape index (κ2) is 39.9. The second-order valence-electron chi connectivity index (χ2n) is 28.6. The summed E-state index contributed by atoms with van der Waals surface area (Å²) in [6.07, 6.45) is 0.707. The molecule has 25 heteroatoms. The zero-order valence-corrected chi connectivity index (χ0v) is 62.0. The van der Waals surface area contributed by atoms with Crippen LogP contribution in [0.2, 0.25) is 0 Å². The van der Waals surface area contributed by atoms with Crippen LogP contribution in [0.25, 0.3) is 0 Å². The highest BCUT2D eigenvalue weighted by molar-refractivity contribution is 6.22. The number of aliphatic imine (C=N–C) groups is 1. The van der Waals surface area contributed by atoms with E-state index in [1.165, 1.54) is 33.2 Å². The van der Waals surface area contributed by atoms with Gasteiger partial charge in [-0.2, -0.15) is 0 Å². The van der Waals surface area contributed by atoms with Crippen molar-refractivity contribution in [1.82, 2.24) is 41.3 Å². The highest BCUT2D eigenvalue weighted by Gasteiger charge is 2.44. The van der Waals surface area contributed by atoms with Crippen molar-refractivity contribution in [3.05, 3.63) is 77.1 Å². The van der Waals surface area contributed by atoms with Crippen molar-refractivity contribution in [2.75, 3.05) is 53.8 Å². The van der Waals surface area contributed by atoms with Gasteiger partial charge in [0.05, 0.1) is 54.3 Å². The van der Waals surface area contributed by atoms with Crippen molar-refractivity contribution in [2.45, 2.75) is 234 Å². The Morgan fingerprint density at radius 2 is 1.37 bits per heavy atom. The lowest BCUT2D eigenvalue weighted by molar-refractivity contribution is -0.148. The molecule has 0 radical (unpaired) electrons. The van der Waals surface area contributed by atoms with E-state index in [9.17, 15) is 58.2 Å². The summed E-state index contributed by atoms with van der Waals surface area (Å²) in [7, 11) is 7.61. The van der Waals surface area contributed by atoms with Gasteiger partial charge in [0.15, 0.2) is 5.78 Å². The van der Waals surface area contributed by atoms with Gasteiger partial charge < -0.3 is 66.1 Å². The zero-order valence-electron chi connectivity index (χ0n) is 62.0. The number of hydrogen-bond donors (Lipinski definition) is 8. The number of ether oxygens (including phenoxy) is 3. The predicted molar refractivity (Wildman–Crippen MR) is 380 cm³/mol. The van der Waals surface area contributed by atoms with E-state index in [-0.39, 0.29) is 104 Å². The van der Waals surface area contributed by atoms with Gasteiger partial charge in [0.2, 0.25) is 47.3 Å². The summed E-state index contributed by atoms with van der Waals surface area (Å²) in [6.45, 7) is 24.1. The lowest BCUT2D eigenvalue weighted by Gasteiger charge is -2.41. The summed E-state index contributed by atoms with van der Waals surface area (Å²) in [5, 5.41) is 38.6. The van der Waals surface area contributed by atoms with Crippen molar-refractivity contribution in [1.29, 1.82) is 0 Å². The predicted octanol–water partition coefficient (Wildman–Crippen LogP) is 7.89. The fraction of sp³-hybridized carbons (Fsp3) is 0.662. The number of carbonyl (C=O) groups excluding carboxylic acids is 10. The van der Waals surface area contributed by atoms with Gasteiger partial charge in [-0.3, -0.25) is 53.0 Å². The smallest absolute Gasteiger partial charge is 0.410 e. The molecule has 8 N–H and O–H groups in total. The van der Waals surface area contributed by atoms with Gasteiger partial charge in [-0.25, -0.2) is 4.79 Å². The Hall–Kier alpha value is -7.77. The SMILES string of the molecule is CC[C@@H](C)[C@H]([C@H](CC(=O)N1CCC[C@@H]1[C@@H](OC)[C@H](C)C(=O)N[C@@H](C)[C@H](O)c1ccccc1)OC)N(C)C(=O)[C@H](NC(=O)[C@@H](C(C)C)N(C)C(=O)OCc1ccc(NC(=O)C(CCCCN=C(C)C2=C(O)CC(C)(C)CC2=O)NC(=O)[C@H](NC(=O)CCCC(=O)NC)C(C)C)cc1)C(C)C. The minimum Gasteiger partial charge on any atom is -0.511 e. The quantitative estimate of drug-likeness (QED) is 0.0234. The average Bonchev–Trinajstić information content (AvgIpc) is 1.66. The number of nitrogens with one attached hydrogen (secondary N) is 6. The van der Waals surface area contributed by atoms with Gasteiger partial charge in [0.1, 0.15) is 36.5 Å². The van der Waals surface area contributed by atoms with E-state index >= 15 is 0 Å². The Morgan fingerprint density at radius 1 is 0.737 bits per heavy atom. The van der Waals surface area contributed by atoms with Gasteiger partial charge in [-0.05, 0) is 105 Å². The molecule has 0 bridgehead atoms. The molecule has 1 aliphatic heterocycles. The summed E-state index contributed by atoms with van der Waals surface area (Å²) in [5.74, 6) is -5.60. The first-order valence-corrected chi connectivity index (χ1v) is 35.1. The maximum absolute atomic E-state index is 14.9. The molecule has 2 aliphatic rings. The van der Waals surface area contributed by atoms with Crippen molar-refractivity contribution in [2.24, 2.45) is 40.0 Å². The molecule has 25 nitrogen and oxygen atoms in total. The van der Waals surface area contributed by atoms with E-state index in [0.717, 1.165) is 0 Å². The number of aliphatic hydroxyl groups is 2. The molecule has 2 aromatic carbocycles. The molecule has 0 saturated carbocycles. The van der Waals surface area contributed by atoms with Crippen LogP contribution in [0.15, 0.2) is 70.9 Å². The Morgan fingerprint density at radius 3 is 1.95 bits per heavy atom. The first kappa shape index (κ1) is 83.6. The molecular weight excluding hydrogens is 1270 g/mol. The minimum absolute atomic E-state index is 0.00896. The number of hydrogen-bond acceptors (Lipinski definition) is 16. The standard InChI is InChI=1S/C74H116N10O15/c1-19-46(8)65(57(97-17)39-60(89)84-38-26-30-54(84)67(98-18)47(9)68(91)77-49(11)66(90)51-27-21-20-22-28-51)82(15)72(95)63(44(4)5)81-71(94)64(45(6)7)83(16)73(96)99-42-50-33-35-52(36-34-50)78-69(92)53(79-70(93)62(43(2)3)80-59(88)32-25-31-58(87)75-14)29-23-24-37-76-48(10)61-55(85)40-74(12,13)41-56(61)86/h20-22,27-28,33-36,43-47,49,53-54,57,62-67,85,90H,19,23-26,29-32,37-42H2,1-18H3,(H,75,87)(H,77,91)(H,78,92)(H,79,93)(H,80,88)(H,81,94)/t46-,47+,49+,53?,54-,57+,62-,63-,64-,65-,66+,67+/m1/s1. The molecule has 1 aliphatic carbocycles. The summed E-state index contributed by atoms with van der Waals surface area (Å²) in [6, 6.07) is 9.66. The number of likely N-dealkylation sites (N-methyl/N-ethyl adjacent to an activating group) is 2. The van der Waals surface area contributed by atoms with Crippen LogP contribution in [0.3, 0.4) is 0 Å². The van der Waals surface area contributed by atoms with Crippen molar-refractivity contribution >= 4 is 70.5 Å². The van der Waals surface area contributed by atoms with Crippen molar-refractivity contribution in [3.63, 3.8) is 0 Å². The number of ketones is 1. The monoisotopic (exact) mass is 1380 g/mol. The van der Waals surface area contributed by atoms with Gasteiger partial charge in [0.25, 0.3) is 0 Å². The summed E-state index contributed by atoms with van der Waals surface area (Å²) in [4.78, 5) is 146. The molecule has 1 saturated heterocycles. The molecule has 1 fully saturated rings. The Bertz CT molecular complexity index is 3100. The van der Waals surface area contributed by atoms with E-state index in [4.69, 9.17) is 14.2 Å². The van der Waals surface area contributed by atoms with Crippen LogP contribution in [-0.2, 0) is 64.0 Å². The summed E-state index contributed by atoms with van der Waals surface area (Å²) >= 11 is 0. The van der Waals surface area contributed by atoms with Crippen LogP contribution < -0.4 is 31.9 Å². The molecule has 99 heavy (non-hydrogen) atoms. The number of benzene rings is 2. The van der Waals surface area contributed by atoms with Gasteiger partial charge >= 0.3 is 6.09 Å². The Balaban J connectivity index is 1.43. The van der Waals surface area contributed by atoms with Gasteiger partial charge in [-0.15, -0.1) is 0 Å². The van der Waals surface area contributed by atoms with Crippen molar-refractivity contribution < 1.29 is 72.4 Å². The molecule has 0 spiro atoms. The normalized spacial score (nSPS) is 18.2. The lowest BCUT2D eigenvalue weighted by Crippen LogP contribution is -2.60. The summed E-state index contributed by atoms with van der Waals surface area (Å²) < 4.78 is 17.8. The molecule has 4 rings (SSSR count). The minimum atomic E-state index is -1.09. The molecule has 1 unspecified atom stereocenters. The van der Waals surface area contributed by atoms with Crippen LogP contribution in [0, 0.1) is 35.0 Å². The van der Waals surface area contributed by atoms with Crippen LogP contribution in [-0.4, -0.2) is 193 Å². The summed E-state index contributed by atoms with van der Waals surface area (Å²) in [5.41, 5.74) is 1.86. The third-order valence-electron chi connectivity index (χ3n) is 19.1. The zero-order chi connectivity index (χ0) is 74.2. The second-order valence-corrected chi connectivity index (χ2v) is 28.6. The largest absolute Gasteiger partial charge is 0.511 e. The van der Waals surface area contributed by atoms with Gasteiger partial charge in [0, 0.05) is 85.5 Å². The van der Waals surface area contributed by atoms with Crippen LogP contribution >= 0.6 is 0 Å². The first-order valence-electron chi connectivity index (χ1n) is 35.1. The fourth-order valence-electron chi connectivity index (χ4n) is 13.2. The number of amides is 9. The number of carbonyl (C=O) groups is 10. The van der Waals surface area contributed by atoms with E-state index in [0.29, 0.717) is 67.6 Å². The first-order chi connectivity index (χ1) is 46.6. The molecule has 552 valence electrons. The fourth-order valence-corrected chi connectivity index (χ4v) is 13.2. The van der Waals surface area contributed by atoms with Crippen LogP contribution in [0.4, 0.5) is 10.5 Å². The number of Topliss-reactive ketones (excluding diaryl/α,β-unsaturated/α-hetero) is 1. The number of likely N-dealkylation sites (tertiary alicyclic amines) is 1. The maximum atomic E-state index is 14.9. The number of anilines is 1. The van der Waals surface area contributed by atoms with Gasteiger partial charge in [-0.1, -0.05) is 125 Å². The number of unbranched alkanes of at least 4 members (excludes halogenated alkanes) is 1. The Kier molecular flexibility index (Phi) is 33.7. The average molecular weight is 1390 g/mol. The third-order valence-corrected chi connectivity index (χ3v) is 19.1. The van der Waals surface area contributed by atoms with E-state index in [1.807, 2.05) is 45.9 Å². The van der Waals surface area contributed by atoms with Crippen LogP contribution in [0.5, 0.6) is 0 Å². The molecule has 1 heterocycles. The molecular formula is C74H116N10O15. The third kappa shape index (κ3) is 24.5. The van der Waals surface area contributed by atoms with Crippen LogP contribution in [0.1, 0.15) is 184 Å². The Labute approximate surface area is 586 Å². The molecule has 12 atom stereocenters.